The Morgan fingerprint density at radius 2 is 1.90 bits per heavy atom. The number of benzene rings is 1. The fourth-order valence-electron chi connectivity index (χ4n) is 4.96. The molecule has 0 unspecified atom stereocenters. The lowest BCUT2D eigenvalue weighted by atomic mass is 10.2. The van der Waals surface area contributed by atoms with Crippen LogP contribution >= 0.6 is 11.6 Å². The van der Waals surface area contributed by atoms with E-state index in [1.54, 1.807) is 4.90 Å². The van der Waals surface area contributed by atoms with Crippen molar-refractivity contribution in [1.29, 1.82) is 0 Å². The van der Waals surface area contributed by atoms with Crippen molar-refractivity contribution in [2.24, 2.45) is 0 Å². The maximum Gasteiger partial charge on any atom is 0.345 e. The average Bonchev–Trinajstić information content (AvgIpc) is 3.56. The molecule has 0 bridgehead atoms. The normalized spacial score (nSPS) is 15.5. The summed E-state index contributed by atoms with van der Waals surface area (Å²) in [6.45, 7) is -2.56. The second-order valence-electron chi connectivity index (χ2n) is 9.18. The third-order valence-corrected chi connectivity index (χ3v) is 7.09. The minimum atomic E-state index is -2.94. The average molecular weight is 591 g/mol. The Hall–Kier alpha value is -4.43. The first-order valence-electron chi connectivity index (χ1n) is 12.2. The molecule has 0 spiro atoms. The summed E-state index contributed by atoms with van der Waals surface area (Å²) in [5.74, 6) is -1.22. The zero-order valence-electron chi connectivity index (χ0n) is 21.1. The summed E-state index contributed by atoms with van der Waals surface area (Å²) in [6, 6.07) is 7.29. The van der Waals surface area contributed by atoms with Crippen molar-refractivity contribution in [3.8, 4) is 17.4 Å². The first-order valence-corrected chi connectivity index (χ1v) is 12.6. The van der Waals surface area contributed by atoms with E-state index < -0.39 is 35.6 Å². The Kier molecular flexibility index (Phi) is 6.66. The van der Waals surface area contributed by atoms with Gasteiger partial charge in [0.05, 0.1) is 35.6 Å². The molecular formula is C26H19ClF4N6O4. The van der Waals surface area contributed by atoms with Crippen molar-refractivity contribution in [3.05, 3.63) is 86.3 Å². The van der Waals surface area contributed by atoms with Crippen LogP contribution in [0.3, 0.4) is 0 Å². The van der Waals surface area contributed by atoms with Gasteiger partial charge in [0.2, 0.25) is 5.88 Å². The Balaban J connectivity index is 1.66. The van der Waals surface area contributed by atoms with Gasteiger partial charge < -0.3 is 14.4 Å². The fourth-order valence-corrected chi connectivity index (χ4v) is 5.14. The molecule has 212 valence electrons. The van der Waals surface area contributed by atoms with Crippen LogP contribution in [0.15, 0.2) is 58.4 Å². The highest BCUT2D eigenvalue weighted by molar-refractivity contribution is 6.30. The van der Waals surface area contributed by atoms with Gasteiger partial charge in [0, 0.05) is 31.4 Å². The smallest absolute Gasteiger partial charge is 0.345 e. The van der Waals surface area contributed by atoms with E-state index in [4.69, 9.17) is 16.3 Å². The molecule has 0 N–H and O–H groups in total. The van der Waals surface area contributed by atoms with Crippen molar-refractivity contribution < 1.29 is 27.0 Å². The van der Waals surface area contributed by atoms with Crippen LogP contribution in [-0.2, 0) is 4.74 Å². The van der Waals surface area contributed by atoms with Gasteiger partial charge in [0.25, 0.3) is 5.56 Å². The lowest BCUT2D eigenvalue weighted by Gasteiger charge is -2.21. The number of rotatable bonds is 6. The maximum atomic E-state index is 14.1. The number of pyridine rings is 2. The summed E-state index contributed by atoms with van der Waals surface area (Å²) < 4.78 is 66.9. The van der Waals surface area contributed by atoms with E-state index in [1.165, 1.54) is 42.1 Å². The van der Waals surface area contributed by atoms with E-state index in [0.29, 0.717) is 13.0 Å². The minimum Gasteiger partial charge on any atom is -0.480 e. The Bertz CT molecular complexity index is 1940. The van der Waals surface area contributed by atoms with E-state index in [-0.39, 0.29) is 51.3 Å². The fraction of sp³-hybridized carbons (Fsp3) is 0.231. The van der Waals surface area contributed by atoms with Crippen molar-refractivity contribution in [1.82, 2.24) is 23.5 Å². The molecule has 10 nitrogen and oxygen atoms in total. The summed E-state index contributed by atoms with van der Waals surface area (Å²) >= 11 is 6.05. The summed E-state index contributed by atoms with van der Waals surface area (Å²) in [5, 5.41) is -0.397. The van der Waals surface area contributed by atoms with Crippen LogP contribution in [0.25, 0.3) is 28.1 Å². The highest BCUT2D eigenvalue weighted by Gasteiger charge is 2.29. The summed E-state index contributed by atoms with van der Waals surface area (Å²) in [5.41, 5.74) is -1.41. The van der Waals surface area contributed by atoms with E-state index in [1.807, 2.05) is 0 Å². The molecule has 1 aliphatic heterocycles. The Morgan fingerprint density at radius 3 is 2.63 bits per heavy atom. The van der Waals surface area contributed by atoms with Gasteiger partial charge in [-0.15, -0.1) is 0 Å². The number of methoxy groups -OCH3 is 1. The molecule has 1 aromatic carbocycles. The number of alkyl halides is 2. The summed E-state index contributed by atoms with van der Waals surface area (Å²) in [6.07, 6.45) is 2.08. The zero-order valence-corrected chi connectivity index (χ0v) is 21.9. The molecule has 15 heteroatoms. The molecule has 0 amide bonds. The van der Waals surface area contributed by atoms with Gasteiger partial charge in [-0.3, -0.25) is 13.8 Å². The number of hydrogen-bond acceptors (Lipinski definition) is 7. The SMILES string of the molecule is COc1nc(N2CC[C@@H](OC(F)F)C2)cc2c1c(=O)n(-c1cnc3cc(F)ccn13)c(=O)n2-c1ccc(F)c(Cl)c1. The molecule has 0 saturated carbocycles. The number of nitrogens with zero attached hydrogens (tertiary/aromatic N) is 6. The second kappa shape index (κ2) is 10.2. The van der Waals surface area contributed by atoms with Crippen LogP contribution < -0.4 is 20.9 Å². The molecule has 5 aromatic rings. The largest absolute Gasteiger partial charge is 0.480 e. The number of ether oxygens (including phenoxy) is 2. The first-order chi connectivity index (χ1) is 19.7. The standard InChI is InChI=1S/C26H19ClF4N6O4/c1-40-23-22-18(10-20(33-23)34-6-5-15(12-34)41-25(30)31)36(14-2-3-17(29)16(27)9-14)26(39)37(24(22)38)21-11-32-19-8-13(28)4-7-35(19)21/h2-4,7-11,15,25H,5-6,12H2,1H3/t15-/m1/s1. The second-order valence-corrected chi connectivity index (χ2v) is 9.59. The number of aromatic nitrogens is 5. The lowest BCUT2D eigenvalue weighted by molar-refractivity contribution is -0.156. The van der Waals surface area contributed by atoms with Crippen LogP contribution in [0.5, 0.6) is 5.88 Å². The van der Waals surface area contributed by atoms with E-state index >= 15 is 0 Å². The highest BCUT2D eigenvalue weighted by atomic mass is 35.5. The van der Waals surface area contributed by atoms with E-state index in [0.717, 1.165) is 27.3 Å². The summed E-state index contributed by atoms with van der Waals surface area (Å²) in [7, 11) is 1.28. The molecule has 5 heterocycles. The van der Waals surface area contributed by atoms with Gasteiger partial charge in [-0.05, 0) is 30.7 Å². The quantitative estimate of drug-likeness (QED) is 0.277. The number of fused-ring (bicyclic) bond motifs is 2. The Morgan fingerprint density at radius 1 is 1.10 bits per heavy atom. The summed E-state index contributed by atoms with van der Waals surface area (Å²) in [4.78, 5) is 38.3. The number of halogens is 5. The number of anilines is 1. The highest BCUT2D eigenvalue weighted by Crippen LogP contribution is 2.30. The minimum absolute atomic E-state index is 0.00322. The predicted octanol–water partition coefficient (Wildman–Crippen LogP) is 3.94. The van der Waals surface area contributed by atoms with Gasteiger partial charge in [-0.1, -0.05) is 11.6 Å². The molecule has 6 rings (SSSR count). The van der Waals surface area contributed by atoms with Gasteiger partial charge in [-0.25, -0.2) is 23.1 Å². The first kappa shape index (κ1) is 26.8. The number of imidazole rings is 1. The maximum absolute atomic E-state index is 14.1. The predicted molar refractivity (Wildman–Crippen MR) is 141 cm³/mol. The van der Waals surface area contributed by atoms with Gasteiger partial charge in [-0.2, -0.15) is 13.8 Å². The molecule has 1 aliphatic rings. The van der Waals surface area contributed by atoms with Crippen molar-refractivity contribution in [3.63, 3.8) is 0 Å². The van der Waals surface area contributed by atoms with Crippen molar-refractivity contribution >= 4 is 34.0 Å². The molecule has 4 aromatic heterocycles. The molecule has 1 fully saturated rings. The van der Waals surface area contributed by atoms with Crippen LogP contribution in [0.1, 0.15) is 6.42 Å². The van der Waals surface area contributed by atoms with Crippen LogP contribution in [0, 0.1) is 11.6 Å². The van der Waals surface area contributed by atoms with Crippen molar-refractivity contribution in [2.45, 2.75) is 19.1 Å². The number of hydrogen-bond donors (Lipinski definition) is 0. The van der Waals surface area contributed by atoms with Gasteiger partial charge in [0.15, 0.2) is 0 Å². The third kappa shape index (κ3) is 4.58. The topological polar surface area (TPSA) is 95.9 Å². The molecular weight excluding hydrogens is 572 g/mol. The lowest BCUT2D eigenvalue weighted by Crippen LogP contribution is -2.39. The molecule has 1 atom stereocenters. The van der Waals surface area contributed by atoms with E-state index in [9.17, 15) is 27.2 Å². The molecule has 0 radical (unpaired) electrons. The molecule has 1 saturated heterocycles. The van der Waals surface area contributed by atoms with Crippen LogP contribution in [-0.4, -0.2) is 56.4 Å². The molecule has 41 heavy (non-hydrogen) atoms. The van der Waals surface area contributed by atoms with Crippen LogP contribution in [0.2, 0.25) is 5.02 Å². The van der Waals surface area contributed by atoms with Crippen LogP contribution in [0.4, 0.5) is 23.4 Å². The van der Waals surface area contributed by atoms with Gasteiger partial charge >= 0.3 is 12.3 Å². The molecule has 0 aliphatic carbocycles. The van der Waals surface area contributed by atoms with Gasteiger partial charge in [0.1, 0.15) is 34.3 Å². The monoisotopic (exact) mass is 590 g/mol. The van der Waals surface area contributed by atoms with Crippen molar-refractivity contribution in [2.75, 3.05) is 25.1 Å². The van der Waals surface area contributed by atoms with E-state index in [2.05, 4.69) is 14.7 Å². The Labute approximate surface area is 232 Å². The zero-order chi connectivity index (χ0) is 29.0. The third-order valence-electron chi connectivity index (χ3n) is 6.80.